The number of ether oxygens (including phenoxy) is 1. The van der Waals surface area contributed by atoms with Gasteiger partial charge in [-0.2, -0.15) is 0 Å². The van der Waals surface area contributed by atoms with Crippen molar-refractivity contribution in [2.45, 2.75) is 65.9 Å². The highest BCUT2D eigenvalue weighted by atomic mass is 31.0. The summed E-state index contributed by atoms with van der Waals surface area (Å²) in [6, 6.07) is 13.2. The van der Waals surface area contributed by atoms with Gasteiger partial charge < -0.3 is 4.74 Å². The van der Waals surface area contributed by atoms with Crippen LogP contribution in [0, 0.1) is 13.8 Å². The first-order chi connectivity index (χ1) is 13.5. The van der Waals surface area contributed by atoms with Crippen LogP contribution in [0.1, 0.15) is 73.1 Å². The van der Waals surface area contributed by atoms with Crippen molar-refractivity contribution in [1.29, 1.82) is 0 Å². The molecular weight excluding hydrogens is 383 g/mol. The lowest BCUT2D eigenvalue weighted by atomic mass is 9.81. The van der Waals surface area contributed by atoms with Crippen LogP contribution in [-0.4, -0.2) is 17.9 Å². The van der Waals surface area contributed by atoms with Crippen LogP contribution in [-0.2, 0) is 19.5 Å². The molecule has 2 aromatic carbocycles. The number of aryl methyl sites for hydroxylation is 2. The van der Waals surface area contributed by atoms with E-state index in [0.717, 1.165) is 11.1 Å². The van der Waals surface area contributed by atoms with E-state index in [9.17, 15) is 9.59 Å². The van der Waals surface area contributed by atoms with E-state index in [2.05, 4.69) is 32.9 Å². The van der Waals surface area contributed by atoms with Gasteiger partial charge in [0.2, 0.25) is 0 Å². The number of hydrogen-bond acceptors (Lipinski definition) is 4. The molecular formula is C24H32O4P+. The van der Waals surface area contributed by atoms with Gasteiger partial charge in [-0.3, -0.25) is 9.59 Å². The zero-order valence-electron chi connectivity index (χ0n) is 18.4. The van der Waals surface area contributed by atoms with Crippen molar-refractivity contribution in [3.05, 3.63) is 70.3 Å². The van der Waals surface area contributed by atoms with E-state index in [1.165, 1.54) is 14.7 Å². The SMILES string of the molecule is Cc1cc(C(C)(C)C)cc(C)c1C(=O)C(C(=O)OC(C)C)c1ccccc1.O=[PH2+]. The molecule has 2 aromatic rings. The summed E-state index contributed by atoms with van der Waals surface area (Å²) >= 11 is 0. The Kier molecular flexibility index (Phi) is 8.91. The van der Waals surface area contributed by atoms with E-state index in [0.29, 0.717) is 11.1 Å². The van der Waals surface area contributed by atoms with Gasteiger partial charge in [-0.15, -0.1) is 0 Å². The number of esters is 1. The second-order valence-corrected chi connectivity index (χ2v) is 8.43. The monoisotopic (exact) mass is 415 g/mol. The summed E-state index contributed by atoms with van der Waals surface area (Å²) in [6.45, 7) is 13.9. The predicted octanol–water partition coefficient (Wildman–Crippen LogP) is 5.73. The molecule has 2 atom stereocenters. The summed E-state index contributed by atoms with van der Waals surface area (Å²) in [7, 11) is 1.17. The van der Waals surface area contributed by atoms with E-state index < -0.39 is 11.9 Å². The molecule has 0 saturated carbocycles. The number of hydrogen-bond donors (Lipinski definition) is 0. The first-order valence-electron chi connectivity index (χ1n) is 9.67. The van der Waals surface area contributed by atoms with E-state index in [-0.39, 0.29) is 17.3 Å². The van der Waals surface area contributed by atoms with Crippen LogP contribution in [0.4, 0.5) is 0 Å². The summed E-state index contributed by atoms with van der Waals surface area (Å²) in [6.07, 6.45) is -0.276. The summed E-state index contributed by atoms with van der Waals surface area (Å²) in [4.78, 5) is 26.2. The van der Waals surface area contributed by atoms with Crippen molar-refractivity contribution in [3.63, 3.8) is 0 Å². The van der Waals surface area contributed by atoms with Gasteiger partial charge in [0.25, 0.3) is 0 Å². The molecule has 0 bridgehead atoms. The summed E-state index contributed by atoms with van der Waals surface area (Å²) in [5, 5.41) is 0. The number of ketones is 1. The van der Waals surface area contributed by atoms with Crippen molar-refractivity contribution in [3.8, 4) is 0 Å². The zero-order chi connectivity index (χ0) is 22.4. The third-order valence-corrected chi connectivity index (χ3v) is 4.63. The lowest BCUT2D eigenvalue weighted by molar-refractivity contribution is -0.147. The lowest BCUT2D eigenvalue weighted by Gasteiger charge is -2.24. The van der Waals surface area contributed by atoms with Crippen molar-refractivity contribution in [2.24, 2.45) is 0 Å². The first-order valence-corrected chi connectivity index (χ1v) is 10.1. The summed E-state index contributed by atoms with van der Waals surface area (Å²) < 4.78 is 13.6. The van der Waals surface area contributed by atoms with Crippen LogP contribution in [0.3, 0.4) is 0 Å². The summed E-state index contributed by atoms with van der Waals surface area (Å²) in [5.41, 5.74) is 4.22. The third kappa shape index (κ3) is 6.33. The molecule has 29 heavy (non-hydrogen) atoms. The van der Waals surface area contributed by atoms with Gasteiger partial charge in [0.05, 0.1) is 6.10 Å². The van der Waals surface area contributed by atoms with Gasteiger partial charge in [-0.25, -0.2) is 0 Å². The maximum Gasteiger partial charge on any atom is 0.321 e. The van der Waals surface area contributed by atoms with Crippen LogP contribution < -0.4 is 0 Å². The van der Waals surface area contributed by atoms with Crippen LogP contribution in [0.15, 0.2) is 42.5 Å². The molecule has 0 spiro atoms. The number of rotatable bonds is 5. The van der Waals surface area contributed by atoms with Crippen molar-refractivity contribution in [2.75, 3.05) is 0 Å². The first kappa shape index (κ1) is 24.7. The molecule has 5 heteroatoms. The van der Waals surface area contributed by atoms with Crippen molar-refractivity contribution in [1.82, 2.24) is 0 Å². The topological polar surface area (TPSA) is 60.4 Å². The maximum absolute atomic E-state index is 13.5. The Morgan fingerprint density at radius 1 is 0.931 bits per heavy atom. The molecule has 0 aromatic heterocycles. The molecule has 0 aliphatic rings. The average Bonchev–Trinajstić information content (AvgIpc) is 2.62. The van der Waals surface area contributed by atoms with Crippen LogP contribution >= 0.6 is 9.12 Å². The van der Waals surface area contributed by atoms with E-state index in [4.69, 9.17) is 9.30 Å². The van der Waals surface area contributed by atoms with E-state index in [1.807, 2.05) is 32.0 Å². The molecule has 0 N–H and O–H groups in total. The quantitative estimate of drug-likeness (QED) is 0.271. The third-order valence-electron chi connectivity index (χ3n) is 4.63. The molecule has 2 unspecified atom stereocenters. The fourth-order valence-electron chi connectivity index (χ4n) is 3.27. The molecule has 0 saturated heterocycles. The molecule has 0 heterocycles. The van der Waals surface area contributed by atoms with Crippen LogP contribution in [0.25, 0.3) is 0 Å². The van der Waals surface area contributed by atoms with Gasteiger partial charge in [0, 0.05) is 5.56 Å². The molecule has 0 aliphatic heterocycles. The average molecular weight is 415 g/mol. The Bertz CT molecular complexity index is 828. The highest BCUT2D eigenvalue weighted by Gasteiger charge is 2.33. The zero-order valence-corrected chi connectivity index (χ0v) is 19.6. The second-order valence-electron chi connectivity index (χ2n) is 8.43. The molecule has 0 amide bonds. The van der Waals surface area contributed by atoms with Gasteiger partial charge >= 0.3 is 15.1 Å². The Morgan fingerprint density at radius 2 is 1.41 bits per heavy atom. The number of benzene rings is 2. The standard InChI is InChI=1S/C24H30O3.H2OP/c1-15(2)27-23(26)21(18-11-9-8-10-12-18)22(25)20-16(3)13-19(14-17(20)4)24(5,6)7;1-2/h8-15,21H,1-7H3;2H2/q;+1. The smallest absolute Gasteiger partial charge is 0.321 e. The minimum atomic E-state index is -0.952. The minimum absolute atomic E-state index is 0.00744. The maximum atomic E-state index is 13.5. The molecule has 0 aliphatic carbocycles. The Balaban J connectivity index is 0.00000204. The minimum Gasteiger partial charge on any atom is -0.462 e. The highest BCUT2D eigenvalue weighted by molar-refractivity contribution is 7.00. The molecule has 0 fully saturated rings. The van der Waals surface area contributed by atoms with Crippen molar-refractivity contribution < 1.29 is 18.9 Å². The normalized spacial score (nSPS) is 12.0. The molecule has 4 nitrogen and oxygen atoms in total. The summed E-state index contributed by atoms with van der Waals surface area (Å²) in [5.74, 6) is -1.66. The molecule has 2 rings (SSSR count). The van der Waals surface area contributed by atoms with Gasteiger partial charge in [0.15, 0.2) is 5.78 Å². The Hall–Kier alpha value is -2.32. The second kappa shape index (κ2) is 10.5. The van der Waals surface area contributed by atoms with Crippen LogP contribution in [0.5, 0.6) is 0 Å². The predicted molar refractivity (Wildman–Crippen MR) is 120 cm³/mol. The fourth-order valence-corrected chi connectivity index (χ4v) is 3.27. The van der Waals surface area contributed by atoms with Crippen molar-refractivity contribution >= 4 is 20.9 Å². The van der Waals surface area contributed by atoms with Crippen LogP contribution in [0.2, 0.25) is 0 Å². The van der Waals surface area contributed by atoms with Gasteiger partial charge in [-0.05, 0) is 55.4 Å². The highest BCUT2D eigenvalue weighted by Crippen LogP contribution is 2.31. The van der Waals surface area contributed by atoms with E-state index >= 15 is 0 Å². The van der Waals surface area contributed by atoms with Gasteiger partial charge in [-0.1, -0.05) is 67.8 Å². The molecule has 156 valence electrons. The largest absolute Gasteiger partial charge is 0.462 e. The Morgan fingerprint density at radius 3 is 1.83 bits per heavy atom. The lowest BCUT2D eigenvalue weighted by Crippen LogP contribution is -2.27. The Labute approximate surface area is 176 Å². The molecule has 0 radical (unpaired) electrons. The van der Waals surface area contributed by atoms with Gasteiger partial charge in [0.1, 0.15) is 5.92 Å². The van der Waals surface area contributed by atoms with E-state index in [1.54, 1.807) is 26.0 Å². The number of carbonyl (C=O) groups is 2. The number of carbonyl (C=O) groups excluding carboxylic acids is 2. The fraction of sp³-hybridized carbons (Fsp3) is 0.417. The number of Topliss-reactive ketones (excluding diaryl/α,β-unsaturated/α-hetero) is 1.